The summed E-state index contributed by atoms with van der Waals surface area (Å²) in [6, 6.07) is 6.73. The first-order chi connectivity index (χ1) is 7.59. The number of carbonyl (C=O) groups excluding carboxylic acids is 2. The summed E-state index contributed by atoms with van der Waals surface area (Å²) in [7, 11) is 0. The van der Waals surface area contributed by atoms with Crippen LogP contribution in [0.5, 0.6) is 5.75 Å². The lowest BCUT2D eigenvalue weighted by molar-refractivity contribution is -0.305. The molecule has 0 saturated heterocycles. The van der Waals surface area contributed by atoms with Crippen molar-refractivity contribution in [2.45, 2.75) is 19.8 Å². The van der Waals surface area contributed by atoms with E-state index in [0.29, 0.717) is 24.3 Å². The lowest BCUT2D eigenvalue weighted by Gasteiger charge is -2.06. The summed E-state index contributed by atoms with van der Waals surface area (Å²) in [5, 5.41) is 10.1. The van der Waals surface area contributed by atoms with Crippen LogP contribution in [0, 0.1) is 0 Å². The zero-order valence-electron chi connectivity index (χ0n) is 9.06. The van der Waals surface area contributed by atoms with Crippen LogP contribution in [0.1, 0.15) is 30.1 Å². The average Bonchev–Trinajstić information content (AvgIpc) is 2.25. The average molecular weight is 221 g/mol. The molecule has 4 heteroatoms. The van der Waals surface area contributed by atoms with Crippen LogP contribution in [0.15, 0.2) is 24.3 Å². The van der Waals surface area contributed by atoms with Gasteiger partial charge in [0.05, 0.1) is 6.61 Å². The minimum Gasteiger partial charge on any atom is -0.550 e. The number of hydrogen-bond acceptors (Lipinski definition) is 4. The predicted octanol–water partition coefficient (Wildman–Crippen LogP) is 0.798. The third-order valence-electron chi connectivity index (χ3n) is 2.05. The molecule has 0 N–H and O–H groups in total. The third-order valence-corrected chi connectivity index (χ3v) is 2.05. The molecule has 0 atom stereocenters. The van der Waals surface area contributed by atoms with Crippen LogP contribution in [0.2, 0.25) is 0 Å². The van der Waals surface area contributed by atoms with Gasteiger partial charge in [-0.3, -0.25) is 4.79 Å². The number of aliphatic carboxylic acids is 1. The molecule has 0 amide bonds. The molecule has 0 radical (unpaired) electrons. The maximum atomic E-state index is 11.0. The Morgan fingerprint density at radius 2 is 1.88 bits per heavy atom. The molecule has 0 bridgehead atoms. The van der Waals surface area contributed by atoms with Crippen molar-refractivity contribution in [3.63, 3.8) is 0 Å². The smallest absolute Gasteiger partial charge is 0.159 e. The van der Waals surface area contributed by atoms with Gasteiger partial charge in [-0.25, -0.2) is 0 Å². The minimum atomic E-state index is -1.07. The topological polar surface area (TPSA) is 66.4 Å². The van der Waals surface area contributed by atoms with Crippen molar-refractivity contribution in [1.29, 1.82) is 0 Å². The molecular formula is C12H13O4-. The highest BCUT2D eigenvalue weighted by molar-refractivity contribution is 5.94. The number of benzene rings is 1. The zero-order valence-corrected chi connectivity index (χ0v) is 9.06. The molecule has 0 aliphatic heterocycles. The summed E-state index contributed by atoms with van der Waals surface area (Å²) in [5.74, 6) is -0.442. The fourth-order valence-electron chi connectivity index (χ4n) is 1.19. The zero-order chi connectivity index (χ0) is 12.0. The first-order valence-corrected chi connectivity index (χ1v) is 5.03. The molecule has 1 aromatic rings. The van der Waals surface area contributed by atoms with Crippen molar-refractivity contribution < 1.29 is 19.4 Å². The number of hydrogen-bond donors (Lipinski definition) is 0. The van der Waals surface area contributed by atoms with Crippen molar-refractivity contribution in [3.8, 4) is 5.75 Å². The maximum Gasteiger partial charge on any atom is 0.159 e. The van der Waals surface area contributed by atoms with Gasteiger partial charge in [0.2, 0.25) is 0 Å². The van der Waals surface area contributed by atoms with Crippen LogP contribution in [0.4, 0.5) is 0 Å². The fourth-order valence-corrected chi connectivity index (χ4v) is 1.19. The quantitative estimate of drug-likeness (QED) is 0.526. The van der Waals surface area contributed by atoms with Gasteiger partial charge in [-0.15, -0.1) is 0 Å². The SMILES string of the molecule is CC(=O)c1ccc(OCCCC(=O)[O-])cc1. The van der Waals surface area contributed by atoms with Crippen LogP contribution in [-0.4, -0.2) is 18.4 Å². The highest BCUT2D eigenvalue weighted by Crippen LogP contribution is 2.12. The highest BCUT2D eigenvalue weighted by atomic mass is 16.5. The largest absolute Gasteiger partial charge is 0.550 e. The van der Waals surface area contributed by atoms with E-state index in [1.807, 2.05) is 0 Å². The van der Waals surface area contributed by atoms with Gasteiger partial charge in [0.1, 0.15) is 5.75 Å². The molecule has 0 spiro atoms. The van der Waals surface area contributed by atoms with Gasteiger partial charge in [-0.2, -0.15) is 0 Å². The van der Waals surface area contributed by atoms with Gasteiger partial charge in [0, 0.05) is 11.5 Å². The van der Waals surface area contributed by atoms with E-state index in [4.69, 9.17) is 4.74 Å². The number of carbonyl (C=O) groups is 2. The Balaban J connectivity index is 2.38. The van der Waals surface area contributed by atoms with E-state index in [1.54, 1.807) is 24.3 Å². The lowest BCUT2D eigenvalue weighted by Crippen LogP contribution is -2.22. The second-order valence-corrected chi connectivity index (χ2v) is 3.40. The minimum absolute atomic E-state index is 0.00324. The van der Waals surface area contributed by atoms with Crippen molar-refractivity contribution in [1.82, 2.24) is 0 Å². The number of ether oxygens (including phenoxy) is 1. The third kappa shape index (κ3) is 4.13. The van der Waals surface area contributed by atoms with Crippen molar-refractivity contribution >= 4 is 11.8 Å². The van der Waals surface area contributed by atoms with E-state index in [9.17, 15) is 14.7 Å². The molecule has 1 aromatic carbocycles. The van der Waals surface area contributed by atoms with E-state index in [2.05, 4.69) is 0 Å². The molecule has 0 aliphatic rings. The molecule has 0 unspecified atom stereocenters. The van der Waals surface area contributed by atoms with Gasteiger partial charge in [0.15, 0.2) is 5.78 Å². The van der Waals surface area contributed by atoms with E-state index in [-0.39, 0.29) is 12.2 Å². The first-order valence-electron chi connectivity index (χ1n) is 5.03. The Labute approximate surface area is 93.9 Å². The predicted molar refractivity (Wildman–Crippen MR) is 56.2 cm³/mol. The molecule has 0 fully saturated rings. The Morgan fingerprint density at radius 3 is 2.38 bits per heavy atom. The summed E-state index contributed by atoms with van der Waals surface area (Å²) in [5.41, 5.74) is 0.627. The van der Waals surface area contributed by atoms with Crippen LogP contribution in [0.3, 0.4) is 0 Å². The van der Waals surface area contributed by atoms with Gasteiger partial charge < -0.3 is 14.6 Å². The van der Waals surface area contributed by atoms with Gasteiger partial charge >= 0.3 is 0 Å². The Morgan fingerprint density at radius 1 is 1.25 bits per heavy atom. The van der Waals surface area contributed by atoms with Gasteiger partial charge in [-0.1, -0.05) is 0 Å². The molecule has 4 nitrogen and oxygen atoms in total. The molecule has 1 rings (SSSR count). The van der Waals surface area contributed by atoms with Gasteiger partial charge in [0.25, 0.3) is 0 Å². The van der Waals surface area contributed by atoms with E-state index >= 15 is 0 Å². The summed E-state index contributed by atoms with van der Waals surface area (Å²) in [4.78, 5) is 21.1. The highest BCUT2D eigenvalue weighted by Gasteiger charge is 1.99. The molecule has 86 valence electrons. The fraction of sp³-hybridized carbons (Fsp3) is 0.333. The van der Waals surface area contributed by atoms with E-state index in [0.717, 1.165) is 0 Å². The maximum absolute atomic E-state index is 11.0. The molecule has 0 saturated carbocycles. The summed E-state index contributed by atoms with van der Waals surface area (Å²) in [6.07, 6.45) is 0.405. The van der Waals surface area contributed by atoms with E-state index in [1.165, 1.54) is 6.92 Å². The summed E-state index contributed by atoms with van der Waals surface area (Å²) in [6.45, 7) is 1.82. The van der Waals surface area contributed by atoms with E-state index < -0.39 is 5.97 Å². The van der Waals surface area contributed by atoms with Crippen LogP contribution >= 0.6 is 0 Å². The molecule has 0 heterocycles. The summed E-state index contributed by atoms with van der Waals surface area (Å²) < 4.78 is 5.29. The Kier molecular flexibility index (Phi) is 4.51. The number of rotatable bonds is 6. The van der Waals surface area contributed by atoms with Crippen molar-refractivity contribution in [2.24, 2.45) is 0 Å². The molecule has 0 aliphatic carbocycles. The summed E-state index contributed by atoms with van der Waals surface area (Å²) >= 11 is 0. The lowest BCUT2D eigenvalue weighted by atomic mass is 10.1. The number of Topliss-reactive ketones (excluding diaryl/α,β-unsaturated/α-hetero) is 1. The van der Waals surface area contributed by atoms with Crippen LogP contribution in [0.25, 0.3) is 0 Å². The number of carboxylic acid groups (broad SMARTS) is 1. The Hall–Kier alpha value is -1.84. The molecular weight excluding hydrogens is 208 g/mol. The second-order valence-electron chi connectivity index (χ2n) is 3.40. The second kappa shape index (κ2) is 5.90. The molecule has 16 heavy (non-hydrogen) atoms. The number of carboxylic acids is 1. The van der Waals surface area contributed by atoms with Crippen LogP contribution < -0.4 is 9.84 Å². The van der Waals surface area contributed by atoms with Gasteiger partial charge in [-0.05, 0) is 44.0 Å². The molecule has 0 aromatic heterocycles. The normalized spacial score (nSPS) is 9.81. The standard InChI is InChI=1S/C12H14O4/c1-9(13)10-4-6-11(7-5-10)16-8-2-3-12(14)15/h4-7H,2-3,8H2,1H3,(H,14,15)/p-1. The monoisotopic (exact) mass is 221 g/mol. The Bertz CT molecular complexity index is 367. The first kappa shape index (κ1) is 12.2. The van der Waals surface area contributed by atoms with Crippen LogP contribution in [-0.2, 0) is 4.79 Å². The van der Waals surface area contributed by atoms with Crippen molar-refractivity contribution in [3.05, 3.63) is 29.8 Å². The number of ketones is 1. The van der Waals surface area contributed by atoms with Crippen molar-refractivity contribution in [2.75, 3.05) is 6.61 Å².